The van der Waals surface area contributed by atoms with E-state index in [0.717, 1.165) is 47.5 Å². The number of hydrogen-bond acceptors (Lipinski definition) is 4. The average Bonchev–Trinajstić information content (AvgIpc) is 2.74. The predicted molar refractivity (Wildman–Crippen MR) is 86.9 cm³/mol. The first kappa shape index (κ1) is 13.2. The second-order valence-electron chi connectivity index (χ2n) is 4.92. The maximum atomic E-state index is 7.83. The lowest BCUT2D eigenvalue weighted by Gasteiger charge is -2.24. The van der Waals surface area contributed by atoms with Crippen molar-refractivity contribution in [1.29, 1.82) is 5.41 Å². The molecule has 0 spiro atoms. The second-order valence-corrected chi connectivity index (χ2v) is 6.14. The maximum Gasteiger partial charge on any atom is 0.140 e. The molecule has 1 aromatic carbocycles. The van der Waals surface area contributed by atoms with Crippen LogP contribution in [-0.4, -0.2) is 35.4 Å². The lowest BCUT2D eigenvalue weighted by Crippen LogP contribution is -2.29. The fourth-order valence-electron chi connectivity index (χ4n) is 2.50. The Balaban J connectivity index is 2.11. The Morgan fingerprint density at radius 1 is 1.25 bits per heavy atom. The molecule has 0 bridgehead atoms. The molecule has 104 valence electrons. The fourth-order valence-corrected chi connectivity index (χ4v) is 3.39. The lowest BCUT2D eigenvalue weighted by atomic mass is 10.1. The molecule has 5 heteroatoms. The summed E-state index contributed by atoms with van der Waals surface area (Å²) in [6.45, 7) is 1.95. The fraction of sp³-hybridized carbons (Fsp3) is 0.333. The average molecular weight is 286 g/mol. The van der Waals surface area contributed by atoms with Gasteiger partial charge in [0.05, 0.1) is 11.1 Å². The van der Waals surface area contributed by atoms with E-state index in [1.807, 2.05) is 42.1 Å². The summed E-state index contributed by atoms with van der Waals surface area (Å²) in [7, 11) is 0. The molecule has 1 saturated heterocycles. The molecule has 0 atom stereocenters. The number of thioether (sulfide) groups is 1. The molecule has 2 heterocycles. The number of anilines is 1. The third-order valence-electron chi connectivity index (χ3n) is 3.52. The third-order valence-corrected chi connectivity index (χ3v) is 4.56. The van der Waals surface area contributed by atoms with Gasteiger partial charge in [-0.3, -0.25) is 5.41 Å². The highest BCUT2D eigenvalue weighted by molar-refractivity contribution is 7.99. The van der Waals surface area contributed by atoms with Crippen molar-refractivity contribution in [2.24, 2.45) is 5.73 Å². The van der Waals surface area contributed by atoms with Gasteiger partial charge < -0.3 is 10.6 Å². The molecular formula is C15H18N4S. The number of pyridine rings is 1. The van der Waals surface area contributed by atoms with Crippen LogP contribution in [0, 0.1) is 5.41 Å². The predicted octanol–water partition coefficient (Wildman–Crippen LogP) is 2.46. The number of hydrogen-bond donors (Lipinski definition) is 2. The molecule has 1 aliphatic rings. The number of rotatable bonds is 2. The quantitative estimate of drug-likeness (QED) is 0.657. The molecule has 1 aromatic heterocycles. The minimum Gasteiger partial charge on any atom is -0.384 e. The third kappa shape index (κ3) is 2.58. The molecule has 1 aliphatic heterocycles. The Hall–Kier alpha value is -1.75. The monoisotopic (exact) mass is 286 g/mol. The topological polar surface area (TPSA) is 66.0 Å². The van der Waals surface area contributed by atoms with E-state index in [9.17, 15) is 0 Å². The highest BCUT2D eigenvalue weighted by Gasteiger charge is 2.17. The zero-order chi connectivity index (χ0) is 13.9. The zero-order valence-corrected chi connectivity index (χ0v) is 12.1. The molecule has 1 fully saturated rings. The van der Waals surface area contributed by atoms with E-state index in [1.165, 1.54) is 5.75 Å². The Kier molecular flexibility index (Phi) is 3.78. The van der Waals surface area contributed by atoms with E-state index in [4.69, 9.17) is 16.1 Å². The van der Waals surface area contributed by atoms with Crippen LogP contribution < -0.4 is 10.6 Å². The number of nitrogens with zero attached hydrogens (tertiary/aromatic N) is 2. The maximum absolute atomic E-state index is 7.83. The van der Waals surface area contributed by atoms with Crippen molar-refractivity contribution >= 4 is 34.3 Å². The van der Waals surface area contributed by atoms with Crippen LogP contribution in [0.5, 0.6) is 0 Å². The summed E-state index contributed by atoms with van der Waals surface area (Å²) in [5.41, 5.74) is 7.47. The standard InChI is InChI=1S/C15H18N4S/c16-14(17)12-10-11-4-1-2-5-13(11)18-15(12)19-6-3-8-20-9-7-19/h1-2,4-5,10H,3,6-9H2,(H3,16,17). The van der Waals surface area contributed by atoms with Crippen LogP contribution in [0.25, 0.3) is 10.9 Å². The molecule has 0 saturated carbocycles. The van der Waals surface area contributed by atoms with Gasteiger partial charge in [0.1, 0.15) is 11.7 Å². The van der Waals surface area contributed by atoms with Crippen molar-refractivity contribution < 1.29 is 0 Å². The first-order chi connectivity index (χ1) is 9.75. The first-order valence-corrected chi connectivity index (χ1v) is 7.98. The Morgan fingerprint density at radius 2 is 2.10 bits per heavy atom. The number of para-hydroxylation sites is 1. The van der Waals surface area contributed by atoms with Gasteiger partial charge in [0.25, 0.3) is 0 Å². The van der Waals surface area contributed by atoms with E-state index in [1.54, 1.807) is 0 Å². The van der Waals surface area contributed by atoms with Gasteiger partial charge in [0.2, 0.25) is 0 Å². The lowest BCUT2D eigenvalue weighted by molar-refractivity contribution is 0.803. The van der Waals surface area contributed by atoms with Crippen molar-refractivity contribution in [3.63, 3.8) is 0 Å². The van der Waals surface area contributed by atoms with Gasteiger partial charge in [0.15, 0.2) is 0 Å². The summed E-state index contributed by atoms with van der Waals surface area (Å²) in [5.74, 6) is 3.25. The summed E-state index contributed by atoms with van der Waals surface area (Å²) in [4.78, 5) is 7.02. The minimum absolute atomic E-state index is 0.0927. The van der Waals surface area contributed by atoms with E-state index in [0.29, 0.717) is 0 Å². The Labute approximate surface area is 122 Å². The number of nitrogens with one attached hydrogen (secondary N) is 1. The van der Waals surface area contributed by atoms with Crippen molar-refractivity contribution in [2.45, 2.75) is 6.42 Å². The van der Waals surface area contributed by atoms with E-state index >= 15 is 0 Å². The van der Waals surface area contributed by atoms with Crippen molar-refractivity contribution in [3.8, 4) is 0 Å². The van der Waals surface area contributed by atoms with Crippen LogP contribution in [0.15, 0.2) is 30.3 Å². The number of nitrogen functional groups attached to an aromatic ring is 1. The second kappa shape index (κ2) is 5.71. The van der Waals surface area contributed by atoms with Gasteiger partial charge >= 0.3 is 0 Å². The van der Waals surface area contributed by atoms with Gasteiger partial charge in [-0.1, -0.05) is 18.2 Å². The Bertz CT molecular complexity index is 633. The molecule has 20 heavy (non-hydrogen) atoms. The molecule has 0 unspecified atom stereocenters. The first-order valence-electron chi connectivity index (χ1n) is 6.82. The molecule has 3 rings (SSSR count). The molecule has 3 N–H and O–H groups in total. The van der Waals surface area contributed by atoms with Crippen molar-refractivity contribution in [2.75, 3.05) is 29.5 Å². The number of nitrogens with two attached hydrogens (primary N) is 1. The highest BCUT2D eigenvalue weighted by atomic mass is 32.2. The molecular weight excluding hydrogens is 268 g/mol. The largest absolute Gasteiger partial charge is 0.384 e. The van der Waals surface area contributed by atoms with Crippen LogP contribution in [0.4, 0.5) is 5.82 Å². The number of benzene rings is 1. The minimum atomic E-state index is 0.0927. The number of aromatic nitrogens is 1. The smallest absolute Gasteiger partial charge is 0.140 e. The van der Waals surface area contributed by atoms with Crippen LogP contribution in [0.2, 0.25) is 0 Å². The van der Waals surface area contributed by atoms with Gasteiger partial charge in [-0.2, -0.15) is 11.8 Å². The normalized spacial score (nSPS) is 16.1. The van der Waals surface area contributed by atoms with Crippen LogP contribution in [-0.2, 0) is 0 Å². The van der Waals surface area contributed by atoms with Gasteiger partial charge in [-0.15, -0.1) is 0 Å². The summed E-state index contributed by atoms with van der Waals surface area (Å²) in [5, 5.41) is 8.86. The van der Waals surface area contributed by atoms with Crippen LogP contribution >= 0.6 is 11.8 Å². The van der Waals surface area contributed by atoms with Crippen molar-refractivity contribution in [3.05, 3.63) is 35.9 Å². The molecule has 2 aromatic rings. The number of fused-ring (bicyclic) bond motifs is 1. The van der Waals surface area contributed by atoms with Crippen LogP contribution in [0.3, 0.4) is 0 Å². The van der Waals surface area contributed by atoms with Crippen LogP contribution in [0.1, 0.15) is 12.0 Å². The molecule has 4 nitrogen and oxygen atoms in total. The molecule has 0 aliphatic carbocycles. The number of amidine groups is 1. The summed E-state index contributed by atoms with van der Waals surface area (Å²) in [6, 6.07) is 9.98. The highest BCUT2D eigenvalue weighted by Crippen LogP contribution is 2.25. The summed E-state index contributed by atoms with van der Waals surface area (Å²) < 4.78 is 0. The summed E-state index contributed by atoms with van der Waals surface area (Å²) >= 11 is 1.98. The van der Waals surface area contributed by atoms with Gasteiger partial charge in [-0.05, 0) is 24.3 Å². The molecule has 0 radical (unpaired) electrons. The molecule has 0 amide bonds. The van der Waals surface area contributed by atoms with E-state index in [2.05, 4.69) is 4.90 Å². The SMILES string of the molecule is N=C(N)c1cc2ccccc2nc1N1CCCSCC1. The van der Waals surface area contributed by atoms with E-state index in [-0.39, 0.29) is 5.84 Å². The van der Waals surface area contributed by atoms with Crippen molar-refractivity contribution in [1.82, 2.24) is 4.98 Å². The van der Waals surface area contributed by atoms with E-state index < -0.39 is 0 Å². The van der Waals surface area contributed by atoms with Gasteiger partial charge in [-0.25, -0.2) is 4.98 Å². The summed E-state index contributed by atoms with van der Waals surface area (Å²) in [6.07, 6.45) is 1.15. The Morgan fingerprint density at radius 3 is 2.95 bits per heavy atom. The zero-order valence-electron chi connectivity index (χ0n) is 11.3. The van der Waals surface area contributed by atoms with Gasteiger partial charge in [0, 0.05) is 24.2 Å².